The lowest BCUT2D eigenvalue weighted by Gasteiger charge is -2.37. The van der Waals surface area contributed by atoms with Gasteiger partial charge in [0.05, 0.1) is 6.54 Å². The molecule has 2 unspecified atom stereocenters. The first-order chi connectivity index (χ1) is 8.04. The maximum absolute atomic E-state index is 11.6. The van der Waals surface area contributed by atoms with Gasteiger partial charge in [-0.3, -0.25) is 9.69 Å². The van der Waals surface area contributed by atoms with E-state index in [2.05, 4.69) is 24.1 Å². The molecule has 1 saturated heterocycles. The summed E-state index contributed by atoms with van der Waals surface area (Å²) < 4.78 is 0. The smallest absolute Gasteiger partial charge is 0.236 e. The second-order valence-electron chi connectivity index (χ2n) is 5.35. The van der Waals surface area contributed by atoms with Gasteiger partial charge < -0.3 is 10.2 Å². The third kappa shape index (κ3) is 4.64. The minimum absolute atomic E-state index is 0.206. The number of nitrogens with zero attached hydrogens (tertiary/aromatic N) is 2. The van der Waals surface area contributed by atoms with Crippen LogP contribution in [0.4, 0.5) is 0 Å². The largest absolute Gasteiger partial charge is 0.348 e. The van der Waals surface area contributed by atoms with E-state index in [0.717, 1.165) is 26.1 Å². The van der Waals surface area contributed by atoms with Crippen LogP contribution in [-0.2, 0) is 4.79 Å². The second-order valence-corrected chi connectivity index (χ2v) is 5.35. The van der Waals surface area contributed by atoms with E-state index in [1.54, 1.807) is 4.90 Å². The number of amides is 1. The lowest BCUT2D eigenvalue weighted by Crippen LogP contribution is -2.50. The zero-order chi connectivity index (χ0) is 12.8. The predicted molar refractivity (Wildman–Crippen MR) is 71.0 cm³/mol. The number of nitrogens with one attached hydrogen (secondary N) is 1. The van der Waals surface area contributed by atoms with Crippen LogP contribution >= 0.6 is 0 Å². The summed E-state index contributed by atoms with van der Waals surface area (Å²) in [6.45, 7) is 8.21. The molecule has 1 fully saturated rings. The van der Waals surface area contributed by atoms with Crippen molar-refractivity contribution >= 4 is 5.91 Å². The van der Waals surface area contributed by atoms with Gasteiger partial charge in [0.15, 0.2) is 0 Å². The molecule has 4 nitrogen and oxygen atoms in total. The van der Waals surface area contributed by atoms with Crippen LogP contribution < -0.4 is 5.32 Å². The Labute approximate surface area is 105 Å². The predicted octanol–water partition coefficient (Wildman–Crippen LogP) is 0.785. The summed E-state index contributed by atoms with van der Waals surface area (Å²) in [5, 5.41) is 3.60. The van der Waals surface area contributed by atoms with Gasteiger partial charge in [-0.2, -0.15) is 0 Å². The Balaban J connectivity index is 2.33. The van der Waals surface area contributed by atoms with E-state index in [0.29, 0.717) is 18.5 Å². The molecule has 0 aliphatic carbocycles. The number of likely N-dealkylation sites (N-methyl/N-ethyl adjacent to an activating group) is 1. The van der Waals surface area contributed by atoms with Crippen LogP contribution in [0.2, 0.25) is 0 Å². The van der Waals surface area contributed by atoms with Gasteiger partial charge in [-0.15, -0.1) is 0 Å². The van der Waals surface area contributed by atoms with E-state index in [9.17, 15) is 4.79 Å². The molecule has 1 heterocycles. The number of piperidine rings is 1. The van der Waals surface area contributed by atoms with Crippen LogP contribution in [-0.4, -0.2) is 62.0 Å². The maximum Gasteiger partial charge on any atom is 0.236 e. The van der Waals surface area contributed by atoms with E-state index in [1.165, 1.54) is 6.42 Å². The molecular formula is C13H27N3O. The Morgan fingerprint density at radius 2 is 2.18 bits per heavy atom. The fraction of sp³-hybridized carbons (Fsp3) is 0.923. The molecule has 0 aromatic rings. The summed E-state index contributed by atoms with van der Waals surface area (Å²) >= 11 is 0. The van der Waals surface area contributed by atoms with Crippen LogP contribution in [0.15, 0.2) is 0 Å². The molecule has 1 amide bonds. The Kier molecular flexibility index (Phi) is 5.92. The van der Waals surface area contributed by atoms with Crippen molar-refractivity contribution in [3.8, 4) is 0 Å². The molecule has 1 rings (SSSR count). The van der Waals surface area contributed by atoms with Crippen LogP contribution in [0.25, 0.3) is 0 Å². The number of rotatable bonds is 5. The van der Waals surface area contributed by atoms with Crippen LogP contribution in [0.5, 0.6) is 0 Å². The Morgan fingerprint density at radius 1 is 1.47 bits per heavy atom. The molecule has 0 saturated carbocycles. The minimum Gasteiger partial charge on any atom is -0.348 e. The van der Waals surface area contributed by atoms with Crippen LogP contribution in [0.1, 0.15) is 26.7 Å². The highest BCUT2D eigenvalue weighted by Crippen LogP contribution is 2.16. The highest BCUT2D eigenvalue weighted by molar-refractivity contribution is 5.77. The molecule has 2 atom stereocenters. The molecule has 0 radical (unpaired) electrons. The SMILES string of the molecule is CCCNC1CCN(CC(=O)N(C)C)CC1C. The van der Waals surface area contributed by atoms with E-state index >= 15 is 0 Å². The van der Waals surface area contributed by atoms with E-state index in [4.69, 9.17) is 0 Å². The third-order valence-electron chi connectivity index (χ3n) is 3.50. The van der Waals surface area contributed by atoms with Crippen molar-refractivity contribution in [2.45, 2.75) is 32.7 Å². The molecular weight excluding hydrogens is 214 g/mol. The molecule has 4 heteroatoms. The van der Waals surface area contributed by atoms with E-state index < -0.39 is 0 Å². The quantitative estimate of drug-likeness (QED) is 0.773. The molecule has 0 bridgehead atoms. The number of hydrogen-bond acceptors (Lipinski definition) is 3. The average Bonchev–Trinajstić information content (AvgIpc) is 2.28. The molecule has 100 valence electrons. The number of hydrogen-bond donors (Lipinski definition) is 1. The molecule has 0 aromatic carbocycles. The molecule has 17 heavy (non-hydrogen) atoms. The highest BCUT2D eigenvalue weighted by atomic mass is 16.2. The van der Waals surface area contributed by atoms with Gasteiger partial charge in [-0.05, 0) is 25.3 Å². The van der Waals surface area contributed by atoms with Crippen molar-refractivity contribution in [2.75, 3.05) is 40.3 Å². The molecule has 1 aliphatic heterocycles. The van der Waals surface area contributed by atoms with Gasteiger partial charge in [-0.1, -0.05) is 13.8 Å². The number of likely N-dealkylation sites (tertiary alicyclic amines) is 1. The first kappa shape index (κ1) is 14.5. The number of carbonyl (C=O) groups is 1. The van der Waals surface area contributed by atoms with Gasteiger partial charge in [0.2, 0.25) is 5.91 Å². The summed E-state index contributed by atoms with van der Waals surface area (Å²) in [5.74, 6) is 0.836. The lowest BCUT2D eigenvalue weighted by atomic mass is 9.93. The molecule has 1 aliphatic rings. The van der Waals surface area contributed by atoms with Crippen molar-refractivity contribution in [1.82, 2.24) is 15.1 Å². The highest BCUT2D eigenvalue weighted by Gasteiger charge is 2.26. The fourth-order valence-corrected chi connectivity index (χ4v) is 2.34. The van der Waals surface area contributed by atoms with Crippen LogP contribution in [0, 0.1) is 5.92 Å². The standard InChI is InChI=1S/C13H27N3O/c1-5-7-14-12-6-8-16(9-11(12)2)10-13(17)15(3)4/h11-12,14H,5-10H2,1-4H3. The van der Waals surface area contributed by atoms with Gasteiger partial charge in [0.25, 0.3) is 0 Å². The molecule has 0 spiro atoms. The first-order valence-corrected chi connectivity index (χ1v) is 6.70. The van der Waals surface area contributed by atoms with Crippen molar-refractivity contribution in [3.05, 3.63) is 0 Å². The minimum atomic E-state index is 0.206. The number of carbonyl (C=O) groups excluding carboxylic acids is 1. The topological polar surface area (TPSA) is 35.6 Å². The second kappa shape index (κ2) is 6.97. The third-order valence-corrected chi connectivity index (χ3v) is 3.50. The first-order valence-electron chi connectivity index (χ1n) is 6.70. The van der Waals surface area contributed by atoms with Gasteiger partial charge in [0.1, 0.15) is 0 Å². The van der Waals surface area contributed by atoms with Crippen LogP contribution in [0.3, 0.4) is 0 Å². The van der Waals surface area contributed by atoms with E-state index in [-0.39, 0.29) is 5.91 Å². The summed E-state index contributed by atoms with van der Waals surface area (Å²) in [5.41, 5.74) is 0. The van der Waals surface area contributed by atoms with Crippen molar-refractivity contribution in [2.24, 2.45) is 5.92 Å². The van der Waals surface area contributed by atoms with Gasteiger partial charge in [-0.25, -0.2) is 0 Å². The Morgan fingerprint density at radius 3 is 2.71 bits per heavy atom. The monoisotopic (exact) mass is 241 g/mol. The molecule has 0 aromatic heterocycles. The summed E-state index contributed by atoms with van der Waals surface area (Å²) in [7, 11) is 3.64. The lowest BCUT2D eigenvalue weighted by molar-refractivity contribution is -0.130. The fourth-order valence-electron chi connectivity index (χ4n) is 2.34. The summed E-state index contributed by atoms with van der Waals surface area (Å²) in [6, 6.07) is 0.626. The Hall–Kier alpha value is -0.610. The van der Waals surface area contributed by atoms with Gasteiger partial charge >= 0.3 is 0 Å². The van der Waals surface area contributed by atoms with E-state index in [1.807, 2.05) is 14.1 Å². The van der Waals surface area contributed by atoms with Crippen molar-refractivity contribution in [3.63, 3.8) is 0 Å². The maximum atomic E-state index is 11.6. The summed E-state index contributed by atoms with van der Waals surface area (Å²) in [6.07, 6.45) is 2.34. The summed E-state index contributed by atoms with van der Waals surface area (Å²) in [4.78, 5) is 15.6. The molecule has 1 N–H and O–H groups in total. The Bertz CT molecular complexity index is 243. The van der Waals surface area contributed by atoms with Gasteiger partial charge in [0, 0.05) is 33.2 Å². The zero-order valence-corrected chi connectivity index (χ0v) is 11.7. The zero-order valence-electron chi connectivity index (χ0n) is 11.7. The van der Waals surface area contributed by atoms with Crippen molar-refractivity contribution in [1.29, 1.82) is 0 Å². The van der Waals surface area contributed by atoms with Crippen molar-refractivity contribution < 1.29 is 4.79 Å². The normalized spacial score (nSPS) is 25.9. The average molecular weight is 241 g/mol.